The summed E-state index contributed by atoms with van der Waals surface area (Å²) in [4.78, 5) is 10.2. The smallest absolute Gasteiger partial charge is 0.223 e. The van der Waals surface area contributed by atoms with E-state index in [9.17, 15) is 4.79 Å². The van der Waals surface area contributed by atoms with Crippen LogP contribution in [0.3, 0.4) is 0 Å². The SMILES string of the molecule is CN(C=O)N1CCCC1. The highest BCUT2D eigenvalue weighted by Crippen LogP contribution is 2.07. The molecule has 1 heterocycles. The summed E-state index contributed by atoms with van der Waals surface area (Å²) in [5.41, 5.74) is 0. The number of hydrazine groups is 1. The van der Waals surface area contributed by atoms with Crippen LogP contribution in [0.2, 0.25) is 0 Å². The molecule has 1 amide bonds. The highest BCUT2D eigenvalue weighted by Gasteiger charge is 2.13. The lowest BCUT2D eigenvalue weighted by molar-refractivity contribution is -0.129. The first-order chi connectivity index (χ1) is 4.34. The first-order valence-corrected chi connectivity index (χ1v) is 3.27. The second-order valence-electron chi connectivity index (χ2n) is 2.34. The number of hydrogen-bond acceptors (Lipinski definition) is 2. The van der Waals surface area contributed by atoms with Gasteiger partial charge in [0, 0.05) is 20.1 Å². The van der Waals surface area contributed by atoms with Crippen molar-refractivity contribution in [3.63, 3.8) is 0 Å². The minimum Gasteiger partial charge on any atom is -0.281 e. The quantitative estimate of drug-likeness (QED) is 0.492. The van der Waals surface area contributed by atoms with Crippen LogP contribution in [0, 0.1) is 0 Å². The molecule has 3 nitrogen and oxygen atoms in total. The molecule has 0 aliphatic carbocycles. The number of carbonyl (C=O) groups is 1. The van der Waals surface area contributed by atoms with E-state index < -0.39 is 0 Å². The molecule has 3 heteroatoms. The van der Waals surface area contributed by atoms with E-state index in [0.29, 0.717) is 0 Å². The molecule has 1 fully saturated rings. The van der Waals surface area contributed by atoms with Gasteiger partial charge in [0.15, 0.2) is 0 Å². The minimum atomic E-state index is 0.852. The van der Waals surface area contributed by atoms with E-state index in [1.165, 1.54) is 12.8 Å². The summed E-state index contributed by atoms with van der Waals surface area (Å²) < 4.78 is 0. The molecule has 1 aliphatic rings. The topological polar surface area (TPSA) is 23.6 Å². The molecule has 0 aromatic heterocycles. The summed E-state index contributed by atoms with van der Waals surface area (Å²) in [5.74, 6) is 0. The van der Waals surface area contributed by atoms with E-state index in [0.717, 1.165) is 19.5 Å². The van der Waals surface area contributed by atoms with Gasteiger partial charge < -0.3 is 0 Å². The van der Waals surface area contributed by atoms with Gasteiger partial charge in [0.05, 0.1) is 0 Å². The molecule has 1 aliphatic heterocycles. The van der Waals surface area contributed by atoms with E-state index in [-0.39, 0.29) is 0 Å². The van der Waals surface area contributed by atoms with Gasteiger partial charge in [-0.1, -0.05) is 0 Å². The van der Waals surface area contributed by atoms with Gasteiger partial charge in [-0.15, -0.1) is 0 Å². The molecule has 0 aromatic carbocycles. The molecule has 0 unspecified atom stereocenters. The summed E-state index contributed by atoms with van der Waals surface area (Å²) in [7, 11) is 1.79. The van der Waals surface area contributed by atoms with Crippen molar-refractivity contribution in [3.8, 4) is 0 Å². The van der Waals surface area contributed by atoms with Gasteiger partial charge >= 0.3 is 0 Å². The lowest BCUT2D eigenvalue weighted by atomic mass is 10.4. The fraction of sp³-hybridized carbons (Fsp3) is 0.833. The van der Waals surface area contributed by atoms with Crippen LogP contribution in [0.4, 0.5) is 0 Å². The zero-order valence-electron chi connectivity index (χ0n) is 5.71. The van der Waals surface area contributed by atoms with Crippen molar-refractivity contribution in [3.05, 3.63) is 0 Å². The third-order valence-corrected chi connectivity index (χ3v) is 1.68. The third kappa shape index (κ3) is 1.42. The van der Waals surface area contributed by atoms with E-state index in [4.69, 9.17) is 0 Å². The molecule has 0 N–H and O–H groups in total. The Labute approximate surface area is 55.2 Å². The van der Waals surface area contributed by atoms with E-state index >= 15 is 0 Å². The van der Waals surface area contributed by atoms with Crippen LogP contribution >= 0.6 is 0 Å². The Morgan fingerprint density at radius 2 is 2.00 bits per heavy atom. The number of amides is 1. The van der Waals surface area contributed by atoms with Crippen LogP contribution in [0.25, 0.3) is 0 Å². The molecule has 1 rings (SSSR count). The Balaban J connectivity index is 2.32. The molecule has 0 saturated carbocycles. The lowest BCUT2D eigenvalue weighted by Crippen LogP contribution is -2.36. The van der Waals surface area contributed by atoms with Gasteiger partial charge in [0.1, 0.15) is 0 Å². The van der Waals surface area contributed by atoms with Gasteiger partial charge in [-0.3, -0.25) is 9.80 Å². The average Bonchev–Trinajstić information content (AvgIpc) is 2.37. The Bertz CT molecular complexity index is 99.2. The fourth-order valence-corrected chi connectivity index (χ4v) is 1.08. The van der Waals surface area contributed by atoms with Crippen LogP contribution in [-0.4, -0.2) is 36.6 Å². The van der Waals surface area contributed by atoms with Gasteiger partial charge in [-0.2, -0.15) is 0 Å². The van der Waals surface area contributed by atoms with Crippen molar-refractivity contribution in [1.29, 1.82) is 0 Å². The van der Waals surface area contributed by atoms with Gasteiger partial charge in [-0.05, 0) is 12.8 Å². The van der Waals surface area contributed by atoms with Crippen LogP contribution in [0.15, 0.2) is 0 Å². The van der Waals surface area contributed by atoms with Gasteiger partial charge in [0.2, 0.25) is 6.41 Å². The molecule has 0 aromatic rings. The van der Waals surface area contributed by atoms with Gasteiger partial charge in [0.25, 0.3) is 0 Å². The van der Waals surface area contributed by atoms with Crippen molar-refractivity contribution >= 4 is 6.41 Å². The first-order valence-electron chi connectivity index (χ1n) is 3.27. The Hall–Kier alpha value is -0.570. The molecule has 0 bridgehead atoms. The maximum atomic E-state index is 10.2. The second kappa shape index (κ2) is 2.82. The number of rotatable bonds is 2. The van der Waals surface area contributed by atoms with Crippen molar-refractivity contribution in [2.75, 3.05) is 20.1 Å². The minimum absolute atomic E-state index is 0.852. The predicted molar refractivity (Wildman–Crippen MR) is 34.6 cm³/mol. The second-order valence-corrected chi connectivity index (χ2v) is 2.34. The Morgan fingerprint density at radius 1 is 1.44 bits per heavy atom. The van der Waals surface area contributed by atoms with Crippen LogP contribution < -0.4 is 0 Å². The largest absolute Gasteiger partial charge is 0.281 e. The molecular formula is C6H12N2O. The average molecular weight is 128 g/mol. The zero-order valence-corrected chi connectivity index (χ0v) is 5.71. The number of carbonyl (C=O) groups excluding carboxylic acids is 1. The summed E-state index contributed by atoms with van der Waals surface area (Å²) in [6, 6.07) is 0. The summed E-state index contributed by atoms with van der Waals surface area (Å²) in [6.45, 7) is 2.07. The fourth-order valence-electron chi connectivity index (χ4n) is 1.08. The predicted octanol–water partition coefficient (Wildman–Crippen LogP) is 0.0854. The highest BCUT2D eigenvalue weighted by atomic mass is 16.1. The number of nitrogens with zero attached hydrogens (tertiary/aromatic N) is 2. The normalized spacial score (nSPS) is 20.1. The Morgan fingerprint density at radius 3 is 2.44 bits per heavy atom. The number of hydrogen-bond donors (Lipinski definition) is 0. The molecule has 0 atom stereocenters. The van der Waals surface area contributed by atoms with E-state index in [2.05, 4.69) is 0 Å². The molecule has 0 radical (unpaired) electrons. The molecular weight excluding hydrogens is 116 g/mol. The van der Waals surface area contributed by atoms with Crippen molar-refractivity contribution in [1.82, 2.24) is 10.0 Å². The molecule has 1 saturated heterocycles. The lowest BCUT2D eigenvalue weighted by Gasteiger charge is -2.22. The van der Waals surface area contributed by atoms with Crippen molar-refractivity contribution in [2.24, 2.45) is 0 Å². The molecule has 52 valence electrons. The summed E-state index contributed by atoms with van der Waals surface area (Å²) >= 11 is 0. The summed E-state index contributed by atoms with van der Waals surface area (Å²) in [5, 5.41) is 3.67. The molecule has 9 heavy (non-hydrogen) atoms. The summed E-state index contributed by atoms with van der Waals surface area (Å²) in [6.07, 6.45) is 3.29. The maximum Gasteiger partial charge on any atom is 0.223 e. The zero-order chi connectivity index (χ0) is 6.69. The van der Waals surface area contributed by atoms with E-state index in [1.54, 1.807) is 12.1 Å². The van der Waals surface area contributed by atoms with Crippen LogP contribution in [-0.2, 0) is 4.79 Å². The third-order valence-electron chi connectivity index (χ3n) is 1.68. The molecule has 0 spiro atoms. The van der Waals surface area contributed by atoms with Gasteiger partial charge in [-0.25, -0.2) is 5.01 Å². The first kappa shape index (κ1) is 6.55. The van der Waals surface area contributed by atoms with Crippen molar-refractivity contribution < 1.29 is 4.79 Å². The Kier molecular flexibility index (Phi) is 2.05. The standard InChI is InChI=1S/C6H12N2O/c1-7(6-9)8-4-2-3-5-8/h6H,2-5H2,1H3. The monoisotopic (exact) mass is 128 g/mol. The van der Waals surface area contributed by atoms with Crippen LogP contribution in [0.5, 0.6) is 0 Å². The van der Waals surface area contributed by atoms with E-state index in [1.807, 2.05) is 5.01 Å². The maximum absolute atomic E-state index is 10.2. The highest BCUT2D eigenvalue weighted by molar-refractivity contribution is 5.45. The van der Waals surface area contributed by atoms with Crippen LogP contribution in [0.1, 0.15) is 12.8 Å². The van der Waals surface area contributed by atoms with Crippen molar-refractivity contribution in [2.45, 2.75) is 12.8 Å².